The van der Waals surface area contributed by atoms with Crippen LogP contribution >= 0.6 is 0 Å². The summed E-state index contributed by atoms with van der Waals surface area (Å²) in [5.74, 6) is 1.93. The number of ether oxygens (including phenoxy) is 1. The summed E-state index contributed by atoms with van der Waals surface area (Å²) in [6, 6.07) is 5.85. The lowest BCUT2D eigenvalue weighted by atomic mass is 9.99. The molecule has 0 bridgehead atoms. The van der Waals surface area contributed by atoms with Crippen molar-refractivity contribution in [2.24, 2.45) is 5.92 Å². The van der Waals surface area contributed by atoms with Crippen LogP contribution in [0.5, 0.6) is 0 Å². The van der Waals surface area contributed by atoms with Crippen molar-refractivity contribution in [3.63, 3.8) is 0 Å². The summed E-state index contributed by atoms with van der Waals surface area (Å²) in [4.78, 5) is 21.3. The number of likely N-dealkylation sites (tertiary alicyclic amines) is 2. The van der Waals surface area contributed by atoms with Gasteiger partial charge in [-0.25, -0.2) is 4.68 Å². The van der Waals surface area contributed by atoms with Crippen molar-refractivity contribution < 1.29 is 9.53 Å². The Morgan fingerprint density at radius 2 is 1.94 bits per heavy atom. The van der Waals surface area contributed by atoms with Crippen LogP contribution in [0.1, 0.15) is 57.0 Å². The molecule has 9 nitrogen and oxygen atoms in total. The number of nitrogens with zero attached hydrogens (tertiary/aromatic N) is 7. The van der Waals surface area contributed by atoms with Crippen LogP contribution in [-0.4, -0.2) is 73.2 Å². The maximum Gasteiger partial charge on any atom is 0.222 e. The SMILES string of the molecule is CC1CCN(Cc2nnnn2CCCC(=O)N2CCC(OCc3ccccn3)CC2)CC1. The first kappa shape index (κ1) is 22.8. The first-order valence-corrected chi connectivity index (χ1v) is 11.9. The van der Waals surface area contributed by atoms with Crippen LogP contribution in [0.15, 0.2) is 24.4 Å². The average molecular weight is 442 g/mol. The Balaban J connectivity index is 1.14. The van der Waals surface area contributed by atoms with Gasteiger partial charge in [0, 0.05) is 32.3 Å². The molecule has 0 aromatic carbocycles. The molecular weight excluding hydrogens is 406 g/mol. The minimum Gasteiger partial charge on any atom is -0.372 e. The lowest BCUT2D eigenvalue weighted by Crippen LogP contribution is -2.40. The van der Waals surface area contributed by atoms with Gasteiger partial charge in [0.25, 0.3) is 0 Å². The zero-order valence-corrected chi connectivity index (χ0v) is 19.1. The van der Waals surface area contributed by atoms with E-state index in [1.165, 1.54) is 12.8 Å². The van der Waals surface area contributed by atoms with Gasteiger partial charge in [-0.2, -0.15) is 0 Å². The van der Waals surface area contributed by atoms with Crippen LogP contribution in [-0.2, 0) is 29.2 Å². The summed E-state index contributed by atoms with van der Waals surface area (Å²) < 4.78 is 7.84. The number of hydrogen-bond donors (Lipinski definition) is 0. The van der Waals surface area contributed by atoms with Gasteiger partial charge in [0.15, 0.2) is 5.82 Å². The van der Waals surface area contributed by atoms with E-state index in [4.69, 9.17) is 4.74 Å². The van der Waals surface area contributed by atoms with Gasteiger partial charge in [0.05, 0.1) is 24.9 Å². The van der Waals surface area contributed by atoms with E-state index in [-0.39, 0.29) is 12.0 Å². The summed E-state index contributed by atoms with van der Waals surface area (Å²) in [6.45, 7) is 8.05. The molecule has 0 N–H and O–H groups in total. The molecule has 32 heavy (non-hydrogen) atoms. The Morgan fingerprint density at radius 1 is 1.12 bits per heavy atom. The fraction of sp³-hybridized carbons (Fsp3) is 0.696. The van der Waals surface area contributed by atoms with Gasteiger partial charge in [-0.15, -0.1) is 5.10 Å². The van der Waals surface area contributed by atoms with E-state index < -0.39 is 0 Å². The Bertz CT molecular complexity index is 828. The molecule has 2 aliphatic heterocycles. The van der Waals surface area contributed by atoms with Crippen LogP contribution in [0.2, 0.25) is 0 Å². The third-order valence-electron chi connectivity index (χ3n) is 6.60. The lowest BCUT2D eigenvalue weighted by Gasteiger charge is -2.32. The molecule has 2 aromatic rings. The molecule has 0 unspecified atom stereocenters. The highest BCUT2D eigenvalue weighted by molar-refractivity contribution is 5.76. The number of hydrogen-bond acceptors (Lipinski definition) is 7. The molecule has 4 heterocycles. The Kier molecular flexibility index (Phi) is 8.17. The van der Waals surface area contributed by atoms with E-state index in [1.807, 2.05) is 27.8 Å². The second-order valence-corrected chi connectivity index (χ2v) is 9.09. The molecule has 0 spiro atoms. The van der Waals surface area contributed by atoms with Gasteiger partial charge >= 0.3 is 0 Å². The van der Waals surface area contributed by atoms with Crippen molar-refractivity contribution in [1.82, 2.24) is 35.0 Å². The number of piperidine rings is 2. The zero-order valence-electron chi connectivity index (χ0n) is 19.1. The topological polar surface area (TPSA) is 89.3 Å². The quantitative estimate of drug-likeness (QED) is 0.590. The maximum absolute atomic E-state index is 12.7. The van der Waals surface area contributed by atoms with Gasteiger partial charge in [-0.1, -0.05) is 13.0 Å². The minimum atomic E-state index is 0.197. The molecule has 2 saturated heterocycles. The van der Waals surface area contributed by atoms with Gasteiger partial charge in [-0.3, -0.25) is 14.7 Å². The second-order valence-electron chi connectivity index (χ2n) is 9.09. The van der Waals surface area contributed by atoms with E-state index in [2.05, 4.69) is 32.3 Å². The van der Waals surface area contributed by atoms with Crippen LogP contribution < -0.4 is 0 Å². The highest BCUT2D eigenvalue weighted by atomic mass is 16.5. The summed E-state index contributed by atoms with van der Waals surface area (Å²) >= 11 is 0. The first-order chi connectivity index (χ1) is 15.7. The van der Waals surface area contributed by atoms with Crippen molar-refractivity contribution in [3.8, 4) is 0 Å². The van der Waals surface area contributed by atoms with Crippen molar-refractivity contribution in [3.05, 3.63) is 35.9 Å². The third-order valence-corrected chi connectivity index (χ3v) is 6.60. The van der Waals surface area contributed by atoms with Gasteiger partial charge in [-0.05, 0) is 73.7 Å². The number of rotatable bonds is 9. The number of amides is 1. The summed E-state index contributed by atoms with van der Waals surface area (Å²) in [6.07, 6.45) is 7.50. The van der Waals surface area contributed by atoms with Crippen LogP contribution in [0.3, 0.4) is 0 Å². The average Bonchev–Trinajstić information content (AvgIpc) is 3.27. The molecule has 2 fully saturated rings. The summed E-state index contributed by atoms with van der Waals surface area (Å²) in [5.41, 5.74) is 0.947. The number of aryl methyl sites for hydroxylation is 1. The minimum absolute atomic E-state index is 0.197. The number of aromatic nitrogens is 5. The summed E-state index contributed by atoms with van der Waals surface area (Å²) in [5, 5.41) is 12.2. The molecule has 2 aromatic heterocycles. The molecule has 4 rings (SSSR count). The predicted molar refractivity (Wildman–Crippen MR) is 119 cm³/mol. The van der Waals surface area contributed by atoms with E-state index in [0.29, 0.717) is 19.6 Å². The largest absolute Gasteiger partial charge is 0.372 e. The fourth-order valence-electron chi connectivity index (χ4n) is 4.43. The molecule has 0 atom stereocenters. The number of carbonyl (C=O) groups excluding carboxylic acids is 1. The highest BCUT2D eigenvalue weighted by Gasteiger charge is 2.23. The zero-order chi connectivity index (χ0) is 22.2. The number of carbonyl (C=O) groups is 1. The molecule has 0 radical (unpaired) electrons. The third kappa shape index (κ3) is 6.56. The first-order valence-electron chi connectivity index (χ1n) is 11.9. The van der Waals surface area contributed by atoms with Gasteiger partial charge in [0.1, 0.15) is 0 Å². The Morgan fingerprint density at radius 3 is 2.69 bits per heavy atom. The van der Waals surface area contributed by atoms with Crippen LogP contribution in [0.25, 0.3) is 0 Å². The number of pyridine rings is 1. The Hall–Kier alpha value is -2.39. The molecule has 9 heteroatoms. The van der Waals surface area contributed by atoms with E-state index in [1.54, 1.807) is 6.20 Å². The smallest absolute Gasteiger partial charge is 0.222 e. The molecule has 1 amide bonds. The van der Waals surface area contributed by atoms with Gasteiger partial charge < -0.3 is 9.64 Å². The lowest BCUT2D eigenvalue weighted by molar-refractivity contribution is -0.134. The maximum atomic E-state index is 12.7. The summed E-state index contributed by atoms with van der Waals surface area (Å²) in [7, 11) is 0. The van der Waals surface area contributed by atoms with Crippen molar-refractivity contribution >= 4 is 5.91 Å². The van der Waals surface area contributed by atoms with E-state index in [9.17, 15) is 4.79 Å². The van der Waals surface area contributed by atoms with Crippen LogP contribution in [0, 0.1) is 5.92 Å². The van der Waals surface area contributed by atoms with E-state index >= 15 is 0 Å². The highest BCUT2D eigenvalue weighted by Crippen LogP contribution is 2.18. The molecule has 174 valence electrons. The molecule has 2 aliphatic rings. The number of tetrazole rings is 1. The normalized spacial score (nSPS) is 18.8. The predicted octanol–water partition coefficient (Wildman–Crippen LogP) is 2.29. The van der Waals surface area contributed by atoms with Gasteiger partial charge in [0.2, 0.25) is 5.91 Å². The Labute approximate surface area is 190 Å². The molecule has 0 saturated carbocycles. The monoisotopic (exact) mass is 441 g/mol. The molecule has 0 aliphatic carbocycles. The van der Waals surface area contributed by atoms with E-state index in [0.717, 1.165) is 69.4 Å². The standard InChI is InChI=1S/C23H35N7O2/c1-19-7-13-28(14-8-19)17-22-25-26-27-30(22)12-4-6-23(31)29-15-9-21(10-16-29)32-18-20-5-2-3-11-24-20/h2-3,5,11,19,21H,4,6-10,12-18H2,1H3. The van der Waals surface area contributed by atoms with Crippen molar-refractivity contribution in [2.45, 2.75) is 71.2 Å². The second kappa shape index (κ2) is 11.5. The van der Waals surface area contributed by atoms with Crippen LogP contribution in [0.4, 0.5) is 0 Å². The fourth-order valence-corrected chi connectivity index (χ4v) is 4.43. The molecular formula is C23H35N7O2. The van der Waals surface area contributed by atoms with Crippen molar-refractivity contribution in [2.75, 3.05) is 26.2 Å². The van der Waals surface area contributed by atoms with Crippen molar-refractivity contribution in [1.29, 1.82) is 0 Å².